The third-order valence-electron chi connectivity index (χ3n) is 5.30. The van der Waals surface area contributed by atoms with Gasteiger partial charge in [-0.05, 0) is 61.1 Å². The minimum absolute atomic E-state index is 0.568. The lowest BCUT2D eigenvalue weighted by Gasteiger charge is -2.22. The number of nitrogens with one attached hydrogen (secondary N) is 1. The molecule has 0 fully saturated rings. The summed E-state index contributed by atoms with van der Waals surface area (Å²) in [6.45, 7) is 0. The van der Waals surface area contributed by atoms with Crippen molar-refractivity contribution in [2.75, 3.05) is 19.5 Å². The predicted octanol–water partition coefficient (Wildman–Crippen LogP) is 5.26. The van der Waals surface area contributed by atoms with Crippen molar-refractivity contribution in [2.24, 2.45) is 0 Å². The molecule has 0 saturated carbocycles. The van der Waals surface area contributed by atoms with Crippen LogP contribution in [0.4, 0.5) is 11.5 Å². The Morgan fingerprint density at radius 1 is 0.966 bits per heavy atom. The van der Waals surface area contributed by atoms with Crippen LogP contribution >= 0.6 is 0 Å². The quantitative estimate of drug-likeness (QED) is 0.649. The third kappa shape index (κ3) is 3.74. The van der Waals surface area contributed by atoms with E-state index in [0.717, 1.165) is 59.7 Å². The Balaban J connectivity index is 1.86. The molecule has 29 heavy (non-hydrogen) atoms. The summed E-state index contributed by atoms with van der Waals surface area (Å²) in [5.41, 5.74) is 5.66. The van der Waals surface area contributed by atoms with Crippen LogP contribution in [0, 0.1) is 11.3 Å². The first-order valence-corrected chi connectivity index (χ1v) is 9.75. The third-order valence-corrected chi connectivity index (χ3v) is 5.30. The molecule has 0 radical (unpaired) electrons. The van der Waals surface area contributed by atoms with Gasteiger partial charge in [0.25, 0.3) is 0 Å². The first-order valence-electron chi connectivity index (χ1n) is 9.75. The maximum atomic E-state index is 10.1. The number of hydrogen-bond donors (Lipinski definition) is 1. The Bertz CT molecular complexity index is 1070. The van der Waals surface area contributed by atoms with Gasteiger partial charge in [-0.15, -0.1) is 0 Å². The zero-order valence-corrected chi connectivity index (χ0v) is 16.7. The molecule has 5 nitrogen and oxygen atoms in total. The highest BCUT2D eigenvalue weighted by molar-refractivity contribution is 5.82. The number of nitrogens with zero attached hydrogens (tertiary/aromatic N) is 2. The van der Waals surface area contributed by atoms with Crippen molar-refractivity contribution < 1.29 is 9.47 Å². The number of ether oxygens (including phenoxy) is 2. The summed E-state index contributed by atoms with van der Waals surface area (Å²) in [6, 6.07) is 17.9. The summed E-state index contributed by atoms with van der Waals surface area (Å²) in [7, 11) is 3.29. The zero-order valence-electron chi connectivity index (χ0n) is 16.7. The topological polar surface area (TPSA) is 67.2 Å². The molecule has 0 spiro atoms. The Hall–Kier alpha value is -3.52. The molecule has 1 aromatic heterocycles. The highest BCUT2D eigenvalue weighted by Crippen LogP contribution is 2.38. The molecule has 2 aromatic carbocycles. The molecular weight excluding hydrogens is 362 g/mol. The number of fused-ring (bicyclic) bond motifs is 1. The van der Waals surface area contributed by atoms with E-state index in [1.165, 1.54) is 5.56 Å². The van der Waals surface area contributed by atoms with Crippen LogP contribution in [0.1, 0.15) is 29.7 Å². The molecule has 0 bridgehead atoms. The summed E-state index contributed by atoms with van der Waals surface area (Å²) >= 11 is 0. The molecule has 3 aromatic rings. The van der Waals surface area contributed by atoms with Crippen molar-refractivity contribution in [1.29, 1.82) is 5.26 Å². The van der Waals surface area contributed by atoms with Gasteiger partial charge in [-0.1, -0.05) is 18.2 Å². The first kappa shape index (κ1) is 18.8. The Morgan fingerprint density at radius 3 is 2.45 bits per heavy atom. The van der Waals surface area contributed by atoms with Gasteiger partial charge in [-0.25, -0.2) is 4.98 Å². The fraction of sp³-hybridized carbons (Fsp3) is 0.250. The van der Waals surface area contributed by atoms with Crippen LogP contribution in [0.3, 0.4) is 0 Å². The highest BCUT2D eigenvalue weighted by atomic mass is 16.5. The summed E-state index contributed by atoms with van der Waals surface area (Å²) < 4.78 is 10.6. The zero-order chi connectivity index (χ0) is 20.2. The fourth-order valence-corrected chi connectivity index (χ4v) is 3.86. The second-order valence-electron chi connectivity index (χ2n) is 7.04. The van der Waals surface area contributed by atoms with Crippen LogP contribution in [0.15, 0.2) is 48.5 Å². The highest BCUT2D eigenvalue weighted by Gasteiger charge is 2.23. The number of benzene rings is 2. The van der Waals surface area contributed by atoms with Gasteiger partial charge < -0.3 is 14.8 Å². The van der Waals surface area contributed by atoms with Crippen molar-refractivity contribution in [3.8, 4) is 28.7 Å². The molecule has 146 valence electrons. The molecule has 1 aliphatic carbocycles. The van der Waals surface area contributed by atoms with E-state index < -0.39 is 0 Å². The molecule has 0 amide bonds. The number of hydrogen-bond acceptors (Lipinski definition) is 5. The second kappa shape index (κ2) is 8.24. The van der Waals surface area contributed by atoms with Gasteiger partial charge in [0.1, 0.15) is 28.9 Å². The number of anilines is 2. The molecule has 1 heterocycles. The van der Waals surface area contributed by atoms with Crippen molar-refractivity contribution >= 4 is 11.5 Å². The molecule has 0 unspecified atom stereocenters. The minimum atomic E-state index is 0.568. The lowest BCUT2D eigenvalue weighted by molar-refractivity contribution is 0.415. The van der Waals surface area contributed by atoms with E-state index in [0.29, 0.717) is 11.4 Å². The minimum Gasteiger partial charge on any atom is -0.497 e. The van der Waals surface area contributed by atoms with Crippen LogP contribution in [0.5, 0.6) is 11.5 Å². The number of aromatic nitrogens is 1. The number of nitriles is 1. The molecule has 0 aliphatic heterocycles. The smallest absolute Gasteiger partial charge is 0.149 e. The van der Waals surface area contributed by atoms with Gasteiger partial charge in [-0.3, -0.25) is 0 Å². The Kier molecular flexibility index (Phi) is 5.35. The Labute approximate surface area is 170 Å². The van der Waals surface area contributed by atoms with Crippen molar-refractivity contribution in [1.82, 2.24) is 4.98 Å². The van der Waals surface area contributed by atoms with Gasteiger partial charge in [0.15, 0.2) is 0 Å². The van der Waals surface area contributed by atoms with Crippen molar-refractivity contribution in [3.63, 3.8) is 0 Å². The maximum Gasteiger partial charge on any atom is 0.149 e. The van der Waals surface area contributed by atoms with E-state index in [-0.39, 0.29) is 0 Å². The van der Waals surface area contributed by atoms with Crippen LogP contribution in [-0.4, -0.2) is 19.2 Å². The van der Waals surface area contributed by atoms with Crippen molar-refractivity contribution in [2.45, 2.75) is 25.7 Å². The molecule has 4 rings (SSSR count). The number of pyridine rings is 1. The molecule has 1 N–H and O–H groups in total. The largest absolute Gasteiger partial charge is 0.497 e. The average molecular weight is 385 g/mol. The Morgan fingerprint density at radius 2 is 1.72 bits per heavy atom. The van der Waals surface area contributed by atoms with Gasteiger partial charge in [0.05, 0.1) is 14.2 Å². The van der Waals surface area contributed by atoms with Gasteiger partial charge in [-0.2, -0.15) is 5.26 Å². The van der Waals surface area contributed by atoms with Gasteiger partial charge in [0.2, 0.25) is 0 Å². The van der Waals surface area contributed by atoms with Crippen LogP contribution in [0.2, 0.25) is 0 Å². The van der Waals surface area contributed by atoms with E-state index >= 15 is 0 Å². The van der Waals surface area contributed by atoms with E-state index in [4.69, 9.17) is 14.5 Å². The molecule has 1 aliphatic rings. The molecule has 0 saturated heterocycles. The van der Waals surface area contributed by atoms with Crippen LogP contribution < -0.4 is 14.8 Å². The number of methoxy groups -OCH3 is 2. The summed E-state index contributed by atoms with van der Waals surface area (Å²) in [5.74, 6) is 2.14. The summed E-state index contributed by atoms with van der Waals surface area (Å²) in [4.78, 5) is 4.86. The average Bonchev–Trinajstić information content (AvgIpc) is 2.78. The number of aryl methyl sites for hydroxylation is 1. The molecule has 0 atom stereocenters. The molecule has 5 heteroatoms. The monoisotopic (exact) mass is 385 g/mol. The fourth-order valence-electron chi connectivity index (χ4n) is 3.86. The number of rotatable bonds is 5. The standard InChI is InChI=1S/C24H23N3O2/c1-28-18-12-10-16(11-13-18)23-20-8-3-4-9-22(20)27-24(21(23)15-25)26-17-6-5-7-19(14-17)29-2/h5-7,10-14H,3-4,8-9H2,1-2H3,(H,26,27). The van der Waals surface area contributed by atoms with E-state index in [9.17, 15) is 5.26 Å². The SMILES string of the molecule is COc1ccc(-c2c(C#N)c(Nc3cccc(OC)c3)nc3c2CCCC3)cc1. The predicted molar refractivity (Wildman–Crippen MR) is 114 cm³/mol. The van der Waals surface area contributed by atoms with Crippen LogP contribution in [0.25, 0.3) is 11.1 Å². The van der Waals surface area contributed by atoms with Crippen molar-refractivity contribution in [3.05, 3.63) is 65.4 Å². The summed E-state index contributed by atoms with van der Waals surface area (Å²) in [6.07, 6.45) is 4.10. The first-order chi connectivity index (χ1) is 14.2. The normalized spacial score (nSPS) is 12.6. The summed E-state index contributed by atoms with van der Waals surface area (Å²) in [5, 5.41) is 13.4. The second-order valence-corrected chi connectivity index (χ2v) is 7.04. The maximum absolute atomic E-state index is 10.1. The lowest BCUT2D eigenvalue weighted by atomic mass is 9.86. The van der Waals surface area contributed by atoms with Gasteiger partial charge in [0, 0.05) is 23.0 Å². The lowest BCUT2D eigenvalue weighted by Crippen LogP contribution is -2.12. The van der Waals surface area contributed by atoms with Gasteiger partial charge >= 0.3 is 0 Å². The van der Waals surface area contributed by atoms with E-state index in [2.05, 4.69) is 11.4 Å². The van der Waals surface area contributed by atoms with E-state index in [1.807, 2.05) is 48.5 Å². The molecular formula is C24H23N3O2. The van der Waals surface area contributed by atoms with E-state index in [1.54, 1.807) is 14.2 Å². The van der Waals surface area contributed by atoms with Crippen LogP contribution in [-0.2, 0) is 12.8 Å².